The van der Waals surface area contributed by atoms with Crippen molar-refractivity contribution in [2.24, 2.45) is 11.8 Å². The quantitative estimate of drug-likeness (QED) is 0.759. The monoisotopic (exact) mass is 256 g/mol. The highest BCUT2D eigenvalue weighted by atomic mass is 16.4. The van der Waals surface area contributed by atoms with E-state index in [1.165, 1.54) is 0 Å². The van der Waals surface area contributed by atoms with Crippen LogP contribution in [0.25, 0.3) is 0 Å². The minimum atomic E-state index is -1.02. The van der Waals surface area contributed by atoms with Crippen LogP contribution in [0, 0.1) is 11.8 Å². The van der Waals surface area contributed by atoms with E-state index in [0.717, 1.165) is 25.9 Å². The molecule has 1 N–H and O–H groups in total. The van der Waals surface area contributed by atoms with Gasteiger partial charge in [-0.05, 0) is 32.4 Å². The second-order valence-corrected chi connectivity index (χ2v) is 5.57. The molecule has 0 aromatic carbocycles. The van der Waals surface area contributed by atoms with Crippen molar-refractivity contribution >= 4 is 11.9 Å². The molecule has 5 heteroatoms. The van der Waals surface area contributed by atoms with Gasteiger partial charge in [0.1, 0.15) is 5.92 Å². The summed E-state index contributed by atoms with van der Waals surface area (Å²) in [6.07, 6.45) is 2.01. The summed E-state index contributed by atoms with van der Waals surface area (Å²) in [6.45, 7) is 5.42. The molecule has 2 atom stereocenters. The van der Waals surface area contributed by atoms with Gasteiger partial charge in [-0.25, -0.2) is 0 Å². The zero-order chi connectivity index (χ0) is 13.9. The molecular formula is C13H24N2O3. The fourth-order valence-electron chi connectivity index (χ4n) is 2.53. The van der Waals surface area contributed by atoms with Crippen molar-refractivity contribution in [3.8, 4) is 0 Å². The summed E-state index contributed by atoms with van der Waals surface area (Å²) in [5.74, 6) is -2.40. The third-order valence-electron chi connectivity index (χ3n) is 3.69. The summed E-state index contributed by atoms with van der Waals surface area (Å²) in [7, 11) is 3.76. The third-order valence-corrected chi connectivity index (χ3v) is 3.69. The standard InChI is InChI=1S/C13H24N2O3/c1-9(2)11(13(17)18)12(16)15(4)10-6-5-7-14(3)8-10/h9-11H,5-8H2,1-4H3,(H,17,18). The molecule has 0 aromatic rings. The van der Waals surface area contributed by atoms with Crippen LogP contribution in [0.2, 0.25) is 0 Å². The van der Waals surface area contributed by atoms with Crippen molar-refractivity contribution < 1.29 is 14.7 Å². The van der Waals surface area contributed by atoms with Crippen molar-refractivity contribution in [2.45, 2.75) is 32.7 Å². The molecular weight excluding hydrogens is 232 g/mol. The zero-order valence-corrected chi connectivity index (χ0v) is 11.7. The first-order valence-electron chi connectivity index (χ1n) is 6.52. The summed E-state index contributed by atoms with van der Waals surface area (Å²) in [5.41, 5.74) is 0. The van der Waals surface area contributed by atoms with E-state index < -0.39 is 11.9 Å². The number of carbonyl (C=O) groups excluding carboxylic acids is 1. The number of amides is 1. The van der Waals surface area contributed by atoms with E-state index in [1.54, 1.807) is 25.8 Å². The molecule has 1 heterocycles. The van der Waals surface area contributed by atoms with E-state index in [9.17, 15) is 9.59 Å². The summed E-state index contributed by atoms with van der Waals surface area (Å²) < 4.78 is 0. The lowest BCUT2D eigenvalue weighted by atomic mass is 9.93. The van der Waals surface area contributed by atoms with Gasteiger partial charge in [-0.3, -0.25) is 9.59 Å². The van der Waals surface area contributed by atoms with Crippen LogP contribution in [0.15, 0.2) is 0 Å². The van der Waals surface area contributed by atoms with Crippen LogP contribution < -0.4 is 0 Å². The normalized spacial score (nSPS) is 22.8. The van der Waals surface area contributed by atoms with Crippen LogP contribution >= 0.6 is 0 Å². The maximum Gasteiger partial charge on any atom is 0.316 e. The van der Waals surface area contributed by atoms with E-state index in [0.29, 0.717) is 0 Å². The van der Waals surface area contributed by atoms with Crippen LogP contribution in [-0.2, 0) is 9.59 Å². The molecule has 0 aliphatic carbocycles. The number of likely N-dealkylation sites (N-methyl/N-ethyl adjacent to an activating group) is 2. The number of likely N-dealkylation sites (tertiary alicyclic amines) is 1. The first-order valence-corrected chi connectivity index (χ1v) is 6.52. The van der Waals surface area contributed by atoms with Gasteiger partial charge >= 0.3 is 5.97 Å². The van der Waals surface area contributed by atoms with Crippen molar-refractivity contribution in [3.05, 3.63) is 0 Å². The average molecular weight is 256 g/mol. The smallest absolute Gasteiger partial charge is 0.316 e. The molecule has 1 aliphatic rings. The van der Waals surface area contributed by atoms with Crippen LogP contribution in [0.5, 0.6) is 0 Å². The number of nitrogens with zero attached hydrogens (tertiary/aromatic N) is 2. The molecule has 1 rings (SSSR count). The highest BCUT2D eigenvalue weighted by molar-refractivity contribution is 5.97. The fraction of sp³-hybridized carbons (Fsp3) is 0.846. The predicted molar refractivity (Wildman–Crippen MR) is 69.3 cm³/mol. The molecule has 5 nitrogen and oxygen atoms in total. The Kier molecular flexibility index (Phi) is 5.14. The number of aliphatic carboxylic acids is 1. The van der Waals surface area contributed by atoms with Gasteiger partial charge in [0.25, 0.3) is 0 Å². The number of carboxylic acids is 1. The Balaban J connectivity index is 2.72. The molecule has 0 radical (unpaired) electrons. The molecule has 1 amide bonds. The summed E-state index contributed by atoms with van der Waals surface area (Å²) in [4.78, 5) is 27.3. The van der Waals surface area contributed by atoms with Crippen molar-refractivity contribution in [3.63, 3.8) is 0 Å². The average Bonchev–Trinajstić information content (AvgIpc) is 2.26. The Morgan fingerprint density at radius 3 is 2.44 bits per heavy atom. The number of rotatable bonds is 4. The van der Waals surface area contributed by atoms with Crippen molar-refractivity contribution in [1.82, 2.24) is 9.80 Å². The van der Waals surface area contributed by atoms with Crippen LogP contribution in [0.1, 0.15) is 26.7 Å². The minimum absolute atomic E-state index is 0.136. The summed E-state index contributed by atoms with van der Waals surface area (Å²) in [5, 5.41) is 9.16. The Morgan fingerprint density at radius 2 is 2.00 bits per heavy atom. The van der Waals surface area contributed by atoms with Gasteiger partial charge in [0.05, 0.1) is 0 Å². The third kappa shape index (κ3) is 3.45. The molecule has 0 aromatic heterocycles. The molecule has 2 unspecified atom stereocenters. The lowest BCUT2D eigenvalue weighted by Gasteiger charge is -2.37. The van der Waals surface area contributed by atoms with E-state index >= 15 is 0 Å². The van der Waals surface area contributed by atoms with Crippen LogP contribution in [0.3, 0.4) is 0 Å². The minimum Gasteiger partial charge on any atom is -0.481 e. The van der Waals surface area contributed by atoms with Gasteiger partial charge in [0.2, 0.25) is 5.91 Å². The molecule has 0 spiro atoms. The lowest BCUT2D eigenvalue weighted by molar-refractivity contribution is -0.154. The Hall–Kier alpha value is -1.10. The number of piperidine rings is 1. The van der Waals surface area contributed by atoms with E-state index in [2.05, 4.69) is 4.90 Å². The molecule has 0 saturated carbocycles. The topological polar surface area (TPSA) is 60.9 Å². The fourth-order valence-corrected chi connectivity index (χ4v) is 2.53. The Morgan fingerprint density at radius 1 is 1.39 bits per heavy atom. The predicted octanol–water partition coefficient (Wildman–Crippen LogP) is 0.896. The van der Waals surface area contributed by atoms with Gasteiger partial charge in [0, 0.05) is 19.6 Å². The second-order valence-electron chi connectivity index (χ2n) is 5.57. The van der Waals surface area contributed by atoms with Gasteiger partial charge < -0.3 is 14.9 Å². The van der Waals surface area contributed by atoms with Gasteiger partial charge in [-0.2, -0.15) is 0 Å². The maximum absolute atomic E-state index is 12.3. The lowest BCUT2D eigenvalue weighted by Crippen LogP contribution is -2.50. The van der Waals surface area contributed by atoms with E-state index in [1.807, 2.05) is 7.05 Å². The number of carboxylic acid groups (broad SMARTS) is 1. The largest absolute Gasteiger partial charge is 0.481 e. The van der Waals surface area contributed by atoms with Crippen molar-refractivity contribution in [2.75, 3.05) is 27.2 Å². The summed E-state index contributed by atoms with van der Waals surface area (Å²) >= 11 is 0. The Labute approximate surface area is 109 Å². The first kappa shape index (κ1) is 15.0. The number of hydrogen-bond donors (Lipinski definition) is 1. The SMILES string of the molecule is CC(C)C(C(=O)O)C(=O)N(C)C1CCCN(C)C1. The van der Waals surface area contributed by atoms with E-state index in [4.69, 9.17) is 5.11 Å². The van der Waals surface area contributed by atoms with E-state index in [-0.39, 0.29) is 17.9 Å². The molecule has 1 fully saturated rings. The zero-order valence-electron chi connectivity index (χ0n) is 11.7. The number of carbonyl (C=O) groups is 2. The molecule has 1 aliphatic heterocycles. The maximum atomic E-state index is 12.3. The first-order chi connectivity index (χ1) is 8.34. The molecule has 1 saturated heterocycles. The van der Waals surface area contributed by atoms with Gasteiger partial charge in [0.15, 0.2) is 0 Å². The molecule has 0 bridgehead atoms. The highest BCUT2D eigenvalue weighted by Crippen LogP contribution is 2.19. The number of hydrogen-bond acceptors (Lipinski definition) is 3. The highest BCUT2D eigenvalue weighted by Gasteiger charge is 2.35. The van der Waals surface area contributed by atoms with Crippen LogP contribution in [0.4, 0.5) is 0 Å². The molecule has 104 valence electrons. The second kappa shape index (κ2) is 6.18. The Bertz CT molecular complexity index is 317. The molecule has 18 heavy (non-hydrogen) atoms. The van der Waals surface area contributed by atoms with Gasteiger partial charge in [-0.15, -0.1) is 0 Å². The van der Waals surface area contributed by atoms with Crippen LogP contribution in [-0.4, -0.2) is 60.0 Å². The van der Waals surface area contributed by atoms with Crippen molar-refractivity contribution in [1.29, 1.82) is 0 Å². The summed E-state index contributed by atoms with van der Waals surface area (Å²) in [6, 6.07) is 0.136. The van der Waals surface area contributed by atoms with Gasteiger partial charge in [-0.1, -0.05) is 13.8 Å².